The number of nitrogens with two attached hydrogens (primary N) is 1. The number of fused-ring (bicyclic) bond motifs is 1. The summed E-state index contributed by atoms with van der Waals surface area (Å²) in [5.41, 5.74) is 7.79. The molecule has 3 rings (SSSR count). The fourth-order valence-corrected chi connectivity index (χ4v) is 2.73. The SMILES string of the molecule is Cc1ccnc(Sc2ccc3c(c2)OCCO3)c1N. The van der Waals surface area contributed by atoms with Crippen LogP contribution in [0.2, 0.25) is 0 Å². The summed E-state index contributed by atoms with van der Waals surface area (Å²) in [5, 5.41) is 0.816. The minimum absolute atomic E-state index is 0.589. The zero-order chi connectivity index (χ0) is 13.2. The molecular weight excluding hydrogens is 260 g/mol. The van der Waals surface area contributed by atoms with Crippen molar-refractivity contribution >= 4 is 17.4 Å². The summed E-state index contributed by atoms with van der Waals surface area (Å²) in [6.45, 7) is 3.17. The maximum atomic E-state index is 6.03. The molecule has 2 aromatic rings. The Labute approximate surface area is 115 Å². The number of pyridine rings is 1. The van der Waals surface area contributed by atoms with Crippen LogP contribution in [0.15, 0.2) is 40.4 Å². The van der Waals surface area contributed by atoms with E-state index < -0.39 is 0 Å². The standard InChI is InChI=1S/C14H14N2O2S/c1-9-4-5-16-14(13(9)15)19-10-2-3-11-12(8-10)18-7-6-17-11/h2-5,8H,6-7,15H2,1H3. The molecule has 0 saturated heterocycles. The van der Waals surface area contributed by atoms with E-state index in [1.54, 1.807) is 6.20 Å². The normalized spacial score (nSPS) is 13.3. The van der Waals surface area contributed by atoms with E-state index in [-0.39, 0.29) is 0 Å². The summed E-state index contributed by atoms with van der Waals surface area (Å²) >= 11 is 1.53. The number of benzene rings is 1. The van der Waals surface area contributed by atoms with Gasteiger partial charge in [-0.15, -0.1) is 0 Å². The Bertz CT molecular complexity index is 616. The lowest BCUT2D eigenvalue weighted by molar-refractivity contribution is 0.171. The molecule has 0 bridgehead atoms. The molecule has 2 heterocycles. The Balaban J connectivity index is 1.89. The summed E-state index contributed by atoms with van der Waals surface area (Å²) in [6.07, 6.45) is 1.77. The second kappa shape index (κ2) is 5.01. The zero-order valence-corrected chi connectivity index (χ0v) is 11.4. The van der Waals surface area contributed by atoms with Crippen molar-refractivity contribution in [1.29, 1.82) is 0 Å². The van der Waals surface area contributed by atoms with Gasteiger partial charge in [0.2, 0.25) is 0 Å². The van der Waals surface area contributed by atoms with Gasteiger partial charge in [0.25, 0.3) is 0 Å². The predicted molar refractivity (Wildman–Crippen MR) is 74.9 cm³/mol. The van der Waals surface area contributed by atoms with E-state index in [2.05, 4.69) is 4.98 Å². The Morgan fingerprint density at radius 3 is 2.79 bits per heavy atom. The van der Waals surface area contributed by atoms with E-state index in [1.807, 2.05) is 31.2 Å². The van der Waals surface area contributed by atoms with E-state index in [9.17, 15) is 0 Å². The van der Waals surface area contributed by atoms with Crippen molar-refractivity contribution in [2.75, 3.05) is 18.9 Å². The van der Waals surface area contributed by atoms with Crippen molar-refractivity contribution in [1.82, 2.24) is 4.98 Å². The topological polar surface area (TPSA) is 57.4 Å². The van der Waals surface area contributed by atoms with Crippen LogP contribution in [0.25, 0.3) is 0 Å². The van der Waals surface area contributed by atoms with E-state index in [1.165, 1.54) is 11.8 Å². The summed E-state index contributed by atoms with van der Waals surface area (Å²) < 4.78 is 11.1. The number of aromatic nitrogens is 1. The zero-order valence-electron chi connectivity index (χ0n) is 10.6. The van der Waals surface area contributed by atoms with E-state index >= 15 is 0 Å². The van der Waals surface area contributed by atoms with Crippen LogP contribution in [0.5, 0.6) is 11.5 Å². The number of aryl methyl sites for hydroxylation is 1. The van der Waals surface area contributed by atoms with Gasteiger partial charge in [-0.1, -0.05) is 11.8 Å². The highest BCUT2D eigenvalue weighted by Crippen LogP contribution is 2.38. The van der Waals surface area contributed by atoms with Crippen LogP contribution in [-0.2, 0) is 0 Å². The Morgan fingerprint density at radius 2 is 1.95 bits per heavy atom. The van der Waals surface area contributed by atoms with Gasteiger partial charge in [-0.05, 0) is 36.8 Å². The quantitative estimate of drug-likeness (QED) is 0.912. The lowest BCUT2D eigenvalue weighted by Gasteiger charge is -2.18. The van der Waals surface area contributed by atoms with Crippen LogP contribution in [0, 0.1) is 6.92 Å². The minimum Gasteiger partial charge on any atom is -0.486 e. The fourth-order valence-electron chi connectivity index (χ4n) is 1.82. The van der Waals surface area contributed by atoms with Crippen LogP contribution >= 0.6 is 11.8 Å². The molecule has 0 saturated carbocycles. The third kappa shape index (κ3) is 2.46. The molecule has 0 spiro atoms. The fraction of sp³-hybridized carbons (Fsp3) is 0.214. The number of hydrogen-bond acceptors (Lipinski definition) is 5. The predicted octanol–water partition coefficient (Wildman–Crippen LogP) is 2.89. The maximum Gasteiger partial charge on any atom is 0.162 e. The highest BCUT2D eigenvalue weighted by molar-refractivity contribution is 7.99. The van der Waals surface area contributed by atoms with Crippen molar-refractivity contribution in [2.24, 2.45) is 0 Å². The molecule has 0 atom stereocenters. The smallest absolute Gasteiger partial charge is 0.162 e. The average Bonchev–Trinajstić information content (AvgIpc) is 2.44. The Morgan fingerprint density at radius 1 is 1.16 bits per heavy atom. The van der Waals surface area contributed by atoms with Crippen LogP contribution in [0.1, 0.15) is 5.56 Å². The Kier molecular flexibility index (Phi) is 3.21. The molecule has 0 fully saturated rings. The van der Waals surface area contributed by atoms with Gasteiger partial charge in [0, 0.05) is 11.1 Å². The van der Waals surface area contributed by atoms with Gasteiger partial charge in [0.15, 0.2) is 11.5 Å². The summed E-state index contributed by atoms with van der Waals surface area (Å²) in [7, 11) is 0. The number of nitrogens with zero attached hydrogens (tertiary/aromatic N) is 1. The molecular formula is C14H14N2O2S. The van der Waals surface area contributed by atoms with E-state index in [0.29, 0.717) is 13.2 Å². The van der Waals surface area contributed by atoms with E-state index in [0.717, 1.165) is 32.7 Å². The molecule has 4 nitrogen and oxygen atoms in total. The van der Waals surface area contributed by atoms with Crippen molar-refractivity contribution in [3.05, 3.63) is 36.0 Å². The van der Waals surface area contributed by atoms with E-state index in [4.69, 9.17) is 15.2 Å². The largest absolute Gasteiger partial charge is 0.486 e. The number of ether oxygens (including phenoxy) is 2. The highest BCUT2D eigenvalue weighted by atomic mass is 32.2. The molecule has 0 unspecified atom stereocenters. The molecule has 0 amide bonds. The molecule has 1 aliphatic heterocycles. The van der Waals surface area contributed by atoms with Gasteiger partial charge >= 0.3 is 0 Å². The number of rotatable bonds is 2. The molecule has 98 valence electrons. The maximum absolute atomic E-state index is 6.03. The first-order valence-electron chi connectivity index (χ1n) is 6.02. The average molecular weight is 274 g/mol. The number of nitrogen functional groups attached to an aromatic ring is 1. The first kappa shape index (κ1) is 12.2. The summed E-state index contributed by atoms with van der Waals surface area (Å²) in [4.78, 5) is 5.35. The first-order chi connectivity index (χ1) is 9.24. The molecule has 0 radical (unpaired) electrons. The monoisotopic (exact) mass is 274 g/mol. The molecule has 19 heavy (non-hydrogen) atoms. The van der Waals surface area contributed by atoms with Gasteiger partial charge in [0.1, 0.15) is 18.2 Å². The first-order valence-corrected chi connectivity index (χ1v) is 6.84. The van der Waals surface area contributed by atoms with Gasteiger partial charge in [-0.2, -0.15) is 0 Å². The lowest BCUT2D eigenvalue weighted by atomic mass is 10.3. The summed E-state index contributed by atoms with van der Waals surface area (Å²) in [6, 6.07) is 7.77. The van der Waals surface area contributed by atoms with Crippen molar-refractivity contribution in [3.8, 4) is 11.5 Å². The van der Waals surface area contributed by atoms with Crippen LogP contribution in [-0.4, -0.2) is 18.2 Å². The third-order valence-electron chi connectivity index (χ3n) is 2.90. The van der Waals surface area contributed by atoms with Gasteiger partial charge < -0.3 is 15.2 Å². The third-order valence-corrected chi connectivity index (χ3v) is 3.91. The molecule has 0 aliphatic carbocycles. The second-order valence-corrected chi connectivity index (χ2v) is 5.32. The van der Waals surface area contributed by atoms with Crippen LogP contribution in [0.3, 0.4) is 0 Å². The van der Waals surface area contributed by atoms with Crippen molar-refractivity contribution in [2.45, 2.75) is 16.8 Å². The van der Waals surface area contributed by atoms with Gasteiger partial charge in [-0.3, -0.25) is 0 Å². The molecule has 1 aromatic carbocycles. The van der Waals surface area contributed by atoms with Crippen molar-refractivity contribution < 1.29 is 9.47 Å². The molecule has 2 N–H and O–H groups in total. The number of hydrogen-bond donors (Lipinski definition) is 1. The summed E-state index contributed by atoms with van der Waals surface area (Å²) in [5.74, 6) is 1.57. The molecule has 1 aromatic heterocycles. The highest BCUT2D eigenvalue weighted by Gasteiger charge is 2.13. The molecule has 5 heteroatoms. The Hall–Kier alpha value is -1.88. The van der Waals surface area contributed by atoms with Crippen molar-refractivity contribution in [3.63, 3.8) is 0 Å². The minimum atomic E-state index is 0.589. The second-order valence-electron chi connectivity index (χ2n) is 4.25. The van der Waals surface area contributed by atoms with Crippen LogP contribution < -0.4 is 15.2 Å². The molecule has 1 aliphatic rings. The number of anilines is 1. The van der Waals surface area contributed by atoms with Gasteiger partial charge in [-0.25, -0.2) is 4.98 Å². The lowest BCUT2D eigenvalue weighted by Crippen LogP contribution is -2.15. The van der Waals surface area contributed by atoms with Crippen LogP contribution in [0.4, 0.5) is 5.69 Å². The van der Waals surface area contributed by atoms with Gasteiger partial charge in [0.05, 0.1) is 5.69 Å².